The maximum Gasteiger partial charge on any atom is 0.263 e. The molecule has 0 spiro atoms. The Morgan fingerprint density at radius 1 is 0.459 bits per heavy atom. The van der Waals surface area contributed by atoms with Crippen LogP contribution in [0.3, 0.4) is 0 Å². The molecule has 0 saturated heterocycles. The number of unbranched alkanes of at least 4 members (excludes halogenated alkanes) is 12. The van der Waals surface area contributed by atoms with Crippen molar-refractivity contribution in [3.05, 3.63) is 124 Å². The summed E-state index contributed by atoms with van der Waals surface area (Å²) in [5, 5.41) is 6.19. The van der Waals surface area contributed by atoms with Crippen LogP contribution >= 0.6 is 0 Å². The van der Waals surface area contributed by atoms with Crippen molar-refractivity contribution in [3.8, 4) is 11.4 Å². The Morgan fingerprint density at radius 2 is 0.932 bits per heavy atom. The second-order valence-corrected chi connectivity index (χ2v) is 21.3. The maximum atomic E-state index is 16.1. The first-order valence-corrected chi connectivity index (χ1v) is 28.2. The molecule has 8 aromatic rings. The number of imide groups is 2. The number of hydrogen-bond acceptors (Lipinski definition) is 6. The fourth-order valence-corrected chi connectivity index (χ4v) is 12.6. The highest BCUT2D eigenvalue weighted by molar-refractivity contribution is 6.45. The Kier molecular flexibility index (Phi) is 15.4. The van der Waals surface area contributed by atoms with Gasteiger partial charge < -0.3 is 4.57 Å². The van der Waals surface area contributed by atoms with Gasteiger partial charge in [-0.05, 0) is 71.0 Å². The average molecular weight is 989 g/mol. The van der Waals surface area contributed by atoms with Crippen molar-refractivity contribution in [2.24, 2.45) is 0 Å². The third-order valence-corrected chi connectivity index (χ3v) is 16.4. The summed E-state index contributed by atoms with van der Waals surface area (Å²) < 4.78 is 2.14. The lowest BCUT2D eigenvalue weighted by Crippen LogP contribution is -2.47. The molecule has 0 fully saturated rings. The van der Waals surface area contributed by atoms with Crippen LogP contribution in [-0.2, 0) is 6.54 Å². The van der Waals surface area contributed by atoms with Gasteiger partial charge in [0.25, 0.3) is 23.6 Å². The molecule has 0 atom stereocenters. The SMILES string of the molecule is CCCCCCC(CCCCCC)N1C(=O)c2ccc3c4ccc5c6c(c7c(nc(-c8ccccc8)n7Cc7ccc(C=O)cc7)c(c7ccc(c2c37)C1=O)c64)C(=O)N(C(CCCCCC)CCCCCC)C5=O. The van der Waals surface area contributed by atoms with Gasteiger partial charge in [0.1, 0.15) is 12.1 Å². The van der Waals surface area contributed by atoms with Crippen LogP contribution in [0.1, 0.15) is 213 Å². The number of nitrogens with zero attached hydrogens (tertiary/aromatic N) is 4. The summed E-state index contributed by atoms with van der Waals surface area (Å²) in [7, 11) is 0. The van der Waals surface area contributed by atoms with Crippen LogP contribution in [0.25, 0.3) is 65.5 Å². The minimum Gasteiger partial charge on any atom is -0.319 e. The van der Waals surface area contributed by atoms with Gasteiger partial charge in [0, 0.05) is 68.0 Å². The normalized spacial score (nSPS) is 13.8. The highest BCUT2D eigenvalue weighted by atomic mass is 16.2. The standard InChI is InChI=1S/C65H72N4O5/c1-5-9-13-20-26-45(27-21-14-10-6-2)68-62(71)50-37-34-47-48-35-38-52-56-55(48)57(49-36-39-51(63(68)72)54(50)53(47)49)59-60(58(56)65(74)69(64(52)73)46(28-22-15-11-7-3)29-23-16-12-8-4)67(40-42-30-32-43(41-70)33-31-42)61(66-59)44-24-18-17-19-25-44/h17-19,24-25,30-39,41,45-46H,5-16,20-23,26-29,40H2,1-4H3. The molecule has 9 heteroatoms. The fourth-order valence-electron chi connectivity index (χ4n) is 12.6. The van der Waals surface area contributed by atoms with Crippen LogP contribution in [-0.4, -0.2) is 61.3 Å². The number of aromatic nitrogens is 2. The lowest BCUT2D eigenvalue weighted by Gasteiger charge is -2.36. The number of imidazole rings is 1. The summed E-state index contributed by atoms with van der Waals surface area (Å²) in [6, 6.07) is 28.9. The third kappa shape index (κ3) is 9.08. The summed E-state index contributed by atoms with van der Waals surface area (Å²) >= 11 is 0. The van der Waals surface area contributed by atoms with Gasteiger partial charge in [-0.25, -0.2) is 4.98 Å². The van der Waals surface area contributed by atoms with E-state index >= 15 is 19.2 Å². The molecule has 2 aliphatic rings. The molecule has 4 amide bonds. The van der Waals surface area contributed by atoms with Crippen molar-refractivity contribution in [2.75, 3.05) is 0 Å². The van der Waals surface area contributed by atoms with Gasteiger partial charge in [-0.1, -0.05) is 203 Å². The van der Waals surface area contributed by atoms with E-state index in [2.05, 4.69) is 32.3 Å². The number of amides is 4. The number of fused-ring (bicyclic) bond motifs is 5. The zero-order chi connectivity index (χ0) is 51.5. The predicted octanol–water partition coefficient (Wildman–Crippen LogP) is 16.4. The number of carbonyl (C=O) groups is 5. The van der Waals surface area contributed by atoms with E-state index in [1.54, 1.807) is 9.80 Å². The second-order valence-electron chi connectivity index (χ2n) is 21.3. The van der Waals surface area contributed by atoms with Crippen LogP contribution in [0, 0.1) is 0 Å². The Labute approximate surface area is 436 Å². The first-order chi connectivity index (χ1) is 36.3. The molecular weight excluding hydrogens is 917 g/mol. The molecule has 74 heavy (non-hydrogen) atoms. The van der Waals surface area contributed by atoms with Gasteiger partial charge in [0.2, 0.25) is 0 Å². The van der Waals surface area contributed by atoms with E-state index < -0.39 is 0 Å². The summed E-state index contributed by atoms with van der Waals surface area (Å²) in [6.45, 7) is 9.13. The van der Waals surface area contributed by atoms with Crippen molar-refractivity contribution in [3.63, 3.8) is 0 Å². The molecule has 3 heterocycles. The maximum absolute atomic E-state index is 16.1. The van der Waals surface area contributed by atoms with Gasteiger partial charge in [-0.15, -0.1) is 0 Å². The molecule has 2 aliphatic heterocycles. The number of aldehydes is 1. The lowest BCUT2D eigenvalue weighted by atomic mass is 9.81. The van der Waals surface area contributed by atoms with Gasteiger partial charge in [0.05, 0.1) is 16.6 Å². The van der Waals surface area contributed by atoms with Crippen LogP contribution < -0.4 is 0 Å². The fraction of sp³-hybridized carbons (Fsp3) is 0.415. The Balaban J connectivity index is 1.24. The van der Waals surface area contributed by atoms with E-state index in [0.717, 1.165) is 178 Å². The van der Waals surface area contributed by atoms with Crippen molar-refractivity contribution in [1.29, 1.82) is 0 Å². The molecule has 0 N–H and O–H groups in total. The summed E-state index contributed by atoms with van der Waals surface area (Å²) in [4.78, 5) is 82.4. The van der Waals surface area contributed by atoms with Crippen molar-refractivity contribution in [1.82, 2.24) is 19.4 Å². The lowest BCUT2D eigenvalue weighted by molar-refractivity contribution is 0.0502. The van der Waals surface area contributed by atoms with E-state index in [1.807, 2.05) is 91.0 Å². The van der Waals surface area contributed by atoms with E-state index in [1.165, 1.54) is 0 Å². The van der Waals surface area contributed by atoms with E-state index in [0.29, 0.717) is 62.0 Å². The largest absolute Gasteiger partial charge is 0.319 e. The summed E-state index contributed by atoms with van der Waals surface area (Å²) in [5.41, 5.74) is 5.63. The average Bonchev–Trinajstić information content (AvgIpc) is 3.83. The monoisotopic (exact) mass is 989 g/mol. The Bertz CT molecular complexity index is 3340. The molecule has 0 bridgehead atoms. The molecule has 10 rings (SSSR count). The van der Waals surface area contributed by atoms with E-state index in [-0.39, 0.29) is 35.7 Å². The first kappa shape index (κ1) is 50.8. The van der Waals surface area contributed by atoms with Crippen LogP contribution in [0.15, 0.2) is 91.0 Å². The minimum atomic E-state index is -0.296. The molecular formula is C65H72N4O5. The molecule has 0 unspecified atom stereocenters. The highest BCUT2D eigenvalue weighted by Gasteiger charge is 2.43. The van der Waals surface area contributed by atoms with Crippen molar-refractivity contribution in [2.45, 2.75) is 175 Å². The van der Waals surface area contributed by atoms with Gasteiger partial charge in [-0.3, -0.25) is 33.8 Å². The molecule has 0 saturated carbocycles. The van der Waals surface area contributed by atoms with Gasteiger partial charge in [0.15, 0.2) is 0 Å². The zero-order valence-corrected chi connectivity index (χ0v) is 44.1. The summed E-state index contributed by atoms with van der Waals surface area (Å²) in [6.07, 6.45) is 20.8. The first-order valence-electron chi connectivity index (χ1n) is 28.2. The number of hydrogen-bond donors (Lipinski definition) is 0. The topological polar surface area (TPSA) is 110 Å². The Morgan fingerprint density at radius 3 is 1.43 bits per heavy atom. The molecule has 382 valence electrons. The number of rotatable bonds is 26. The van der Waals surface area contributed by atoms with Crippen molar-refractivity contribution < 1.29 is 24.0 Å². The molecule has 0 radical (unpaired) electrons. The third-order valence-electron chi connectivity index (χ3n) is 16.4. The second kappa shape index (κ2) is 22.4. The van der Waals surface area contributed by atoms with Gasteiger partial charge >= 0.3 is 0 Å². The minimum absolute atomic E-state index is 0.187. The quantitative estimate of drug-likeness (QED) is 0.0176. The Hall–Kier alpha value is -6.74. The molecule has 1 aromatic heterocycles. The number of benzene rings is 7. The zero-order valence-electron chi connectivity index (χ0n) is 44.1. The van der Waals surface area contributed by atoms with Gasteiger partial charge in [-0.2, -0.15) is 0 Å². The predicted molar refractivity (Wildman–Crippen MR) is 301 cm³/mol. The van der Waals surface area contributed by atoms with Crippen LogP contribution in [0.2, 0.25) is 0 Å². The highest BCUT2D eigenvalue weighted by Crippen LogP contribution is 2.51. The van der Waals surface area contributed by atoms with Crippen LogP contribution in [0.5, 0.6) is 0 Å². The number of carbonyl (C=O) groups excluding carboxylic acids is 5. The van der Waals surface area contributed by atoms with Crippen molar-refractivity contribution >= 4 is 84.0 Å². The molecule has 7 aromatic carbocycles. The molecule has 9 nitrogen and oxygen atoms in total. The molecule has 0 aliphatic carbocycles. The smallest absolute Gasteiger partial charge is 0.263 e. The van der Waals surface area contributed by atoms with E-state index in [9.17, 15) is 4.79 Å². The van der Waals surface area contributed by atoms with E-state index in [4.69, 9.17) is 4.98 Å². The summed E-state index contributed by atoms with van der Waals surface area (Å²) in [5.74, 6) is -0.378. The van der Waals surface area contributed by atoms with Crippen LogP contribution in [0.4, 0.5) is 0 Å².